The largest absolute Gasteiger partial charge is 0.316 e. The summed E-state index contributed by atoms with van der Waals surface area (Å²) >= 11 is 0. The lowest BCUT2D eigenvalue weighted by atomic mass is 9.85. The molecule has 0 bridgehead atoms. The Labute approximate surface area is 117 Å². The van der Waals surface area contributed by atoms with Crippen molar-refractivity contribution in [3.05, 3.63) is 30.1 Å². The zero-order valence-electron chi connectivity index (χ0n) is 12.3. The third-order valence-corrected chi connectivity index (χ3v) is 4.11. The van der Waals surface area contributed by atoms with Crippen molar-refractivity contribution in [2.75, 3.05) is 19.6 Å². The number of pyridine rings is 1. The molecule has 1 unspecified atom stereocenters. The van der Waals surface area contributed by atoms with E-state index < -0.39 is 0 Å². The average Bonchev–Trinajstić information content (AvgIpc) is 2.46. The lowest BCUT2D eigenvalue weighted by Crippen LogP contribution is -2.39. The van der Waals surface area contributed by atoms with Gasteiger partial charge in [-0.05, 0) is 50.0 Å². The minimum absolute atomic E-state index is 0.170. The minimum atomic E-state index is 0.170. The smallest absolute Gasteiger partial charge is 0.0270 e. The van der Waals surface area contributed by atoms with Gasteiger partial charge in [0.25, 0.3) is 0 Å². The molecule has 2 heterocycles. The second kappa shape index (κ2) is 7.01. The summed E-state index contributed by atoms with van der Waals surface area (Å²) in [5.41, 5.74) is 1.52. The molecule has 19 heavy (non-hydrogen) atoms. The predicted molar refractivity (Wildman–Crippen MR) is 80.4 cm³/mol. The zero-order chi connectivity index (χ0) is 13.6. The van der Waals surface area contributed by atoms with E-state index in [4.69, 9.17) is 0 Å². The molecule has 0 saturated carbocycles. The summed E-state index contributed by atoms with van der Waals surface area (Å²) < 4.78 is 0. The molecule has 1 fully saturated rings. The lowest BCUT2D eigenvalue weighted by molar-refractivity contribution is 0.368. The van der Waals surface area contributed by atoms with Crippen LogP contribution in [0, 0.1) is 0 Å². The first-order valence-electron chi connectivity index (χ1n) is 7.53. The SMILES string of the molecule is CC(C)(CNCCC1CCCCN1)c1ccncc1. The van der Waals surface area contributed by atoms with Crippen LogP contribution in [-0.4, -0.2) is 30.7 Å². The summed E-state index contributed by atoms with van der Waals surface area (Å²) in [6.45, 7) is 7.89. The number of hydrogen-bond donors (Lipinski definition) is 2. The Morgan fingerprint density at radius 1 is 1.32 bits per heavy atom. The molecule has 0 aromatic carbocycles. The second-order valence-corrected chi connectivity index (χ2v) is 6.23. The number of nitrogens with one attached hydrogen (secondary N) is 2. The summed E-state index contributed by atoms with van der Waals surface area (Å²) in [6, 6.07) is 4.96. The predicted octanol–water partition coefficient (Wildman–Crippen LogP) is 2.48. The highest BCUT2D eigenvalue weighted by Crippen LogP contribution is 2.21. The number of piperidine rings is 1. The van der Waals surface area contributed by atoms with Gasteiger partial charge in [0.2, 0.25) is 0 Å². The molecule has 0 amide bonds. The topological polar surface area (TPSA) is 37.0 Å². The Bertz CT molecular complexity index is 356. The normalized spacial score (nSPS) is 20.4. The Balaban J connectivity index is 1.69. The molecule has 1 aromatic rings. The highest BCUT2D eigenvalue weighted by molar-refractivity contribution is 5.20. The van der Waals surface area contributed by atoms with Gasteiger partial charge in [-0.1, -0.05) is 20.3 Å². The van der Waals surface area contributed by atoms with Crippen LogP contribution in [0.15, 0.2) is 24.5 Å². The van der Waals surface area contributed by atoms with Crippen molar-refractivity contribution in [2.45, 2.75) is 51.0 Å². The number of rotatable bonds is 6. The summed E-state index contributed by atoms with van der Waals surface area (Å²) in [5, 5.41) is 7.21. The average molecular weight is 261 g/mol. The molecule has 3 nitrogen and oxygen atoms in total. The van der Waals surface area contributed by atoms with Gasteiger partial charge >= 0.3 is 0 Å². The van der Waals surface area contributed by atoms with E-state index in [0.717, 1.165) is 19.1 Å². The van der Waals surface area contributed by atoms with E-state index in [2.05, 4.69) is 41.6 Å². The molecule has 3 heteroatoms. The number of hydrogen-bond acceptors (Lipinski definition) is 3. The van der Waals surface area contributed by atoms with Crippen molar-refractivity contribution in [1.29, 1.82) is 0 Å². The van der Waals surface area contributed by atoms with Crippen molar-refractivity contribution in [3.63, 3.8) is 0 Å². The fourth-order valence-electron chi connectivity index (χ4n) is 2.75. The highest BCUT2D eigenvalue weighted by Gasteiger charge is 2.20. The molecular formula is C16H27N3. The van der Waals surface area contributed by atoms with Gasteiger partial charge in [0, 0.05) is 30.4 Å². The fourth-order valence-corrected chi connectivity index (χ4v) is 2.75. The third kappa shape index (κ3) is 4.59. The third-order valence-electron chi connectivity index (χ3n) is 4.11. The van der Waals surface area contributed by atoms with Crippen LogP contribution in [0.1, 0.15) is 45.1 Å². The highest BCUT2D eigenvalue weighted by atomic mass is 14.9. The Hall–Kier alpha value is -0.930. The molecular weight excluding hydrogens is 234 g/mol. The van der Waals surface area contributed by atoms with Crippen molar-refractivity contribution in [1.82, 2.24) is 15.6 Å². The molecule has 1 aromatic heterocycles. The minimum Gasteiger partial charge on any atom is -0.316 e. The summed E-state index contributed by atoms with van der Waals surface area (Å²) in [4.78, 5) is 4.09. The van der Waals surface area contributed by atoms with Gasteiger partial charge in [0.1, 0.15) is 0 Å². The molecule has 2 rings (SSSR count). The van der Waals surface area contributed by atoms with Crippen molar-refractivity contribution >= 4 is 0 Å². The van der Waals surface area contributed by atoms with Gasteiger partial charge in [-0.2, -0.15) is 0 Å². The van der Waals surface area contributed by atoms with E-state index in [1.807, 2.05) is 12.4 Å². The zero-order valence-corrected chi connectivity index (χ0v) is 12.3. The first-order valence-corrected chi connectivity index (χ1v) is 7.53. The first kappa shape index (κ1) is 14.5. The van der Waals surface area contributed by atoms with Crippen LogP contribution in [-0.2, 0) is 5.41 Å². The van der Waals surface area contributed by atoms with Crippen molar-refractivity contribution in [3.8, 4) is 0 Å². The standard InChI is InChI=1S/C16H27N3/c1-16(2,14-6-10-17-11-7-14)13-18-12-8-15-5-3-4-9-19-15/h6-7,10-11,15,18-19H,3-5,8-9,12-13H2,1-2H3. The van der Waals surface area contributed by atoms with Crippen LogP contribution < -0.4 is 10.6 Å². The maximum absolute atomic E-state index is 4.09. The molecule has 1 aliphatic heterocycles. The van der Waals surface area contributed by atoms with Gasteiger partial charge in [-0.3, -0.25) is 4.98 Å². The molecule has 1 aliphatic rings. The Morgan fingerprint density at radius 3 is 2.79 bits per heavy atom. The van der Waals surface area contributed by atoms with Crippen molar-refractivity contribution in [2.24, 2.45) is 0 Å². The number of aromatic nitrogens is 1. The van der Waals surface area contributed by atoms with Gasteiger partial charge < -0.3 is 10.6 Å². The van der Waals surface area contributed by atoms with Crippen LogP contribution in [0.2, 0.25) is 0 Å². The van der Waals surface area contributed by atoms with Crippen LogP contribution in [0.5, 0.6) is 0 Å². The summed E-state index contributed by atoms with van der Waals surface area (Å²) in [6.07, 6.45) is 9.08. The second-order valence-electron chi connectivity index (χ2n) is 6.23. The van der Waals surface area contributed by atoms with Gasteiger partial charge in [0.15, 0.2) is 0 Å². The summed E-state index contributed by atoms with van der Waals surface area (Å²) in [5.74, 6) is 0. The van der Waals surface area contributed by atoms with Crippen LogP contribution >= 0.6 is 0 Å². The Kier molecular flexibility index (Phi) is 5.34. The van der Waals surface area contributed by atoms with E-state index in [9.17, 15) is 0 Å². The van der Waals surface area contributed by atoms with Gasteiger partial charge in [0.05, 0.1) is 0 Å². The molecule has 0 spiro atoms. The fraction of sp³-hybridized carbons (Fsp3) is 0.688. The molecule has 0 radical (unpaired) electrons. The molecule has 1 saturated heterocycles. The number of nitrogens with zero attached hydrogens (tertiary/aromatic N) is 1. The molecule has 2 N–H and O–H groups in total. The molecule has 1 atom stereocenters. The Morgan fingerprint density at radius 2 is 2.11 bits per heavy atom. The van der Waals surface area contributed by atoms with E-state index in [1.165, 1.54) is 37.8 Å². The maximum atomic E-state index is 4.09. The van der Waals surface area contributed by atoms with E-state index >= 15 is 0 Å². The van der Waals surface area contributed by atoms with Gasteiger partial charge in [-0.25, -0.2) is 0 Å². The lowest BCUT2D eigenvalue weighted by Gasteiger charge is -2.27. The van der Waals surface area contributed by atoms with E-state index in [1.54, 1.807) is 0 Å². The van der Waals surface area contributed by atoms with Crippen LogP contribution in [0.3, 0.4) is 0 Å². The monoisotopic (exact) mass is 261 g/mol. The summed E-state index contributed by atoms with van der Waals surface area (Å²) in [7, 11) is 0. The van der Waals surface area contributed by atoms with Crippen molar-refractivity contribution < 1.29 is 0 Å². The van der Waals surface area contributed by atoms with Crippen LogP contribution in [0.4, 0.5) is 0 Å². The quantitative estimate of drug-likeness (QED) is 0.773. The first-order chi connectivity index (χ1) is 9.18. The molecule has 0 aliphatic carbocycles. The van der Waals surface area contributed by atoms with Gasteiger partial charge in [-0.15, -0.1) is 0 Å². The molecule has 106 valence electrons. The van der Waals surface area contributed by atoms with E-state index in [0.29, 0.717) is 0 Å². The van der Waals surface area contributed by atoms with E-state index in [-0.39, 0.29) is 5.41 Å². The van der Waals surface area contributed by atoms with Crippen LogP contribution in [0.25, 0.3) is 0 Å². The maximum Gasteiger partial charge on any atom is 0.0270 e.